The second-order valence-corrected chi connectivity index (χ2v) is 5.95. The summed E-state index contributed by atoms with van der Waals surface area (Å²) in [5.41, 5.74) is 0. The predicted octanol–water partition coefficient (Wildman–Crippen LogP) is 2.38. The topological polar surface area (TPSA) is 74.2 Å². The Bertz CT molecular complexity index is 211. The molecular weight excluding hydrogens is 247 g/mol. The van der Waals surface area contributed by atoms with Crippen LogP contribution in [0.1, 0.15) is 27.7 Å². The molecule has 1 N–H and O–H groups in total. The standard InChI is InChI=1S/C10H23O6P/c1-9(2)5-13-7-15-17(11,12)16-8-14-6-10(3)4/h9-10H,5-8H2,1-4H3,(H,11,12). The van der Waals surface area contributed by atoms with Crippen LogP contribution in [0.5, 0.6) is 0 Å². The lowest BCUT2D eigenvalue weighted by Crippen LogP contribution is -2.08. The highest BCUT2D eigenvalue weighted by atomic mass is 31.2. The Balaban J connectivity index is 3.55. The molecule has 0 unspecified atom stereocenters. The van der Waals surface area contributed by atoms with E-state index in [-0.39, 0.29) is 13.6 Å². The summed E-state index contributed by atoms with van der Waals surface area (Å²) in [5, 5.41) is 0. The van der Waals surface area contributed by atoms with Gasteiger partial charge in [-0.1, -0.05) is 27.7 Å². The lowest BCUT2D eigenvalue weighted by atomic mass is 10.2. The average Bonchev–Trinajstić information content (AvgIpc) is 2.19. The largest absolute Gasteiger partial charge is 0.476 e. The monoisotopic (exact) mass is 270 g/mol. The molecule has 0 aromatic carbocycles. The molecule has 0 aliphatic rings. The molecule has 0 amide bonds. The summed E-state index contributed by atoms with van der Waals surface area (Å²) in [4.78, 5) is 9.20. The number of phosphoric ester groups is 1. The van der Waals surface area contributed by atoms with Gasteiger partial charge in [0.2, 0.25) is 0 Å². The van der Waals surface area contributed by atoms with Gasteiger partial charge in [0.1, 0.15) is 0 Å². The molecule has 6 nitrogen and oxygen atoms in total. The number of ether oxygens (including phenoxy) is 2. The van der Waals surface area contributed by atoms with E-state index in [0.717, 1.165) is 0 Å². The van der Waals surface area contributed by atoms with E-state index in [0.29, 0.717) is 25.0 Å². The first-order valence-electron chi connectivity index (χ1n) is 5.61. The molecule has 0 spiro atoms. The molecule has 0 heterocycles. The lowest BCUT2D eigenvalue weighted by molar-refractivity contribution is -0.0485. The van der Waals surface area contributed by atoms with Gasteiger partial charge in [0.05, 0.1) is 13.2 Å². The molecule has 7 heteroatoms. The van der Waals surface area contributed by atoms with Gasteiger partial charge in [-0.15, -0.1) is 0 Å². The Kier molecular flexibility index (Phi) is 9.04. The normalized spacial score (nSPS) is 12.6. The Labute approximate surface area is 103 Å². The van der Waals surface area contributed by atoms with Gasteiger partial charge in [0, 0.05) is 0 Å². The van der Waals surface area contributed by atoms with E-state index < -0.39 is 7.82 Å². The van der Waals surface area contributed by atoms with Crippen LogP contribution < -0.4 is 0 Å². The van der Waals surface area contributed by atoms with Gasteiger partial charge in [-0.2, -0.15) is 0 Å². The van der Waals surface area contributed by atoms with E-state index in [4.69, 9.17) is 9.47 Å². The highest BCUT2D eigenvalue weighted by Gasteiger charge is 2.21. The molecule has 0 radical (unpaired) electrons. The van der Waals surface area contributed by atoms with Crippen LogP contribution in [0.3, 0.4) is 0 Å². The molecule has 0 saturated carbocycles. The van der Waals surface area contributed by atoms with Gasteiger partial charge >= 0.3 is 7.82 Å². The summed E-state index contributed by atoms with van der Waals surface area (Å²) >= 11 is 0. The van der Waals surface area contributed by atoms with Crippen LogP contribution in [-0.4, -0.2) is 31.7 Å². The van der Waals surface area contributed by atoms with Crippen LogP contribution in [0.25, 0.3) is 0 Å². The molecule has 104 valence electrons. The van der Waals surface area contributed by atoms with E-state index in [1.54, 1.807) is 0 Å². The summed E-state index contributed by atoms with van der Waals surface area (Å²) < 4.78 is 30.4. The minimum atomic E-state index is -4.06. The molecule has 17 heavy (non-hydrogen) atoms. The minimum absolute atomic E-state index is 0.268. The molecule has 0 aromatic heterocycles. The second kappa shape index (κ2) is 9.03. The van der Waals surface area contributed by atoms with Crippen molar-refractivity contribution in [3.8, 4) is 0 Å². The maximum atomic E-state index is 11.3. The Hall–Kier alpha value is 0.0300. The molecule has 0 saturated heterocycles. The lowest BCUT2D eigenvalue weighted by Gasteiger charge is -2.13. The molecule has 0 rings (SSSR count). The van der Waals surface area contributed by atoms with E-state index in [1.807, 2.05) is 27.7 Å². The van der Waals surface area contributed by atoms with Crippen molar-refractivity contribution in [1.29, 1.82) is 0 Å². The SMILES string of the molecule is CC(C)COCOP(=O)(O)OCOCC(C)C. The average molecular weight is 270 g/mol. The Morgan fingerprint density at radius 3 is 1.59 bits per heavy atom. The van der Waals surface area contributed by atoms with Gasteiger partial charge in [-0.05, 0) is 11.8 Å². The zero-order valence-corrected chi connectivity index (χ0v) is 11.8. The summed E-state index contributed by atoms with van der Waals surface area (Å²) in [6.07, 6.45) is 0. The molecule has 0 atom stereocenters. The van der Waals surface area contributed by atoms with E-state index in [2.05, 4.69) is 9.05 Å². The molecule has 0 aromatic rings. The fourth-order valence-electron chi connectivity index (χ4n) is 0.813. The zero-order valence-electron chi connectivity index (χ0n) is 10.9. The maximum absolute atomic E-state index is 11.3. The first kappa shape index (κ1) is 17.0. The van der Waals surface area contributed by atoms with Crippen molar-refractivity contribution in [3.63, 3.8) is 0 Å². The van der Waals surface area contributed by atoms with Crippen LogP contribution in [0, 0.1) is 11.8 Å². The fourth-order valence-corrected chi connectivity index (χ4v) is 1.30. The van der Waals surface area contributed by atoms with Crippen LogP contribution >= 0.6 is 7.82 Å². The number of hydrogen-bond donors (Lipinski definition) is 1. The first-order chi connectivity index (χ1) is 7.83. The highest BCUT2D eigenvalue weighted by Crippen LogP contribution is 2.42. The van der Waals surface area contributed by atoms with Crippen molar-refractivity contribution in [2.45, 2.75) is 27.7 Å². The first-order valence-corrected chi connectivity index (χ1v) is 7.10. The summed E-state index contributed by atoms with van der Waals surface area (Å²) in [6.45, 7) is 8.26. The van der Waals surface area contributed by atoms with Crippen LogP contribution in [-0.2, 0) is 23.1 Å². The Morgan fingerprint density at radius 1 is 0.941 bits per heavy atom. The van der Waals surface area contributed by atoms with Crippen LogP contribution in [0.15, 0.2) is 0 Å². The van der Waals surface area contributed by atoms with Gasteiger partial charge in [-0.25, -0.2) is 4.57 Å². The summed E-state index contributed by atoms with van der Waals surface area (Å²) in [5.74, 6) is 0.680. The van der Waals surface area contributed by atoms with Crippen molar-refractivity contribution >= 4 is 7.82 Å². The minimum Gasteiger partial charge on any atom is -0.355 e. The van der Waals surface area contributed by atoms with Crippen molar-refractivity contribution in [2.75, 3.05) is 26.8 Å². The van der Waals surface area contributed by atoms with Crippen LogP contribution in [0.4, 0.5) is 0 Å². The number of hydrogen-bond acceptors (Lipinski definition) is 5. The molecule has 0 fully saturated rings. The quantitative estimate of drug-likeness (QED) is 0.373. The molecule has 0 bridgehead atoms. The van der Waals surface area contributed by atoms with Gasteiger partial charge in [0.25, 0.3) is 0 Å². The third kappa shape index (κ3) is 12.3. The smallest absolute Gasteiger partial charge is 0.355 e. The number of phosphoric acid groups is 1. The highest BCUT2D eigenvalue weighted by molar-refractivity contribution is 7.47. The zero-order chi connectivity index (χ0) is 13.3. The molecule has 0 aliphatic heterocycles. The van der Waals surface area contributed by atoms with Gasteiger partial charge in [-0.3, -0.25) is 9.05 Å². The number of rotatable bonds is 10. The summed E-state index contributed by atoms with van der Waals surface area (Å²) in [7, 11) is -4.06. The van der Waals surface area contributed by atoms with Crippen LogP contribution in [0.2, 0.25) is 0 Å². The summed E-state index contributed by atoms with van der Waals surface area (Å²) in [6, 6.07) is 0. The van der Waals surface area contributed by atoms with Crippen molar-refractivity contribution in [2.24, 2.45) is 11.8 Å². The van der Waals surface area contributed by atoms with E-state index in [9.17, 15) is 9.46 Å². The van der Waals surface area contributed by atoms with Crippen molar-refractivity contribution < 1.29 is 28.0 Å². The third-order valence-corrected chi connectivity index (χ3v) is 2.36. The maximum Gasteiger partial charge on any atom is 0.476 e. The van der Waals surface area contributed by atoms with Crippen molar-refractivity contribution in [1.82, 2.24) is 0 Å². The van der Waals surface area contributed by atoms with E-state index in [1.165, 1.54) is 0 Å². The second-order valence-electron chi connectivity index (χ2n) is 4.49. The predicted molar refractivity (Wildman–Crippen MR) is 63.3 cm³/mol. The molecular formula is C10H23O6P. The van der Waals surface area contributed by atoms with Gasteiger partial charge < -0.3 is 14.4 Å². The fraction of sp³-hybridized carbons (Fsp3) is 1.00. The Morgan fingerprint density at radius 2 is 1.29 bits per heavy atom. The van der Waals surface area contributed by atoms with Crippen molar-refractivity contribution in [3.05, 3.63) is 0 Å². The van der Waals surface area contributed by atoms with E-state index >= 15 is 0 Å². The molecule has 0 aliphatic carbocycles. The van der Waals surface area contributed by atoms with Gasteiger partial charge in [0.15, 0.2) is 13.6 Å². The third-order valence-electron chi connectivity index (χ3n) is 1.50.